The van der Waals surface area contributed by atoms with Gasteiger partial charge in [-0.3, -0.25) is 9.59 Å². The summed E-state index contributed by atoms with van der Waals surface area (Å²) in [6, 6.07) is 16.7. The Balaban J connectivity index is 1.73. The lowest BCUT2D eigenvalue weighted by Crippen LogP contribution is -2.14. The topological polar surface area (TPSA) is 67.4 Å². The van der Waals surface area contributed by atoms with Crippen molar-refractivity contribution in [1.82, 2.24) is 0 Å². The first-order chi connectivity index (χ1) is 12.2. The van der Waals surface area contributed by atoms with Crippen LogP contribution in [0.5, 0.6) is 5.75 Å². The van der Waals surface area contributed by atoms with E-state index in [4.69, 9.17) is 4.74 Å². The van der Waals surface area contributed by atoms with E-state index in [0.717, 1.165) is 12.2 Å². The van der Waals surface area contributed by atoms with Gasteiger partial charge in [-0.1, -0.05) is 31.2 Å². The summed E-state index contributed by atoms with van der Waals surface area (Å²) in [6.07, 6.45) is 2.29. The van der Waals surface area contributed by atoms with Crippen molar-refractivity contribution in [3.8, 4) is 5.75 Å². The number of nitrogens with one attached hydrogen (secondary N) is 2. The van der Waals surface area contributed by atoms with Gasteiger partial charge in [0, 0.05) is 24.2 Å². The Morgan fingerprint density at radius 2 is 1.52 bits per heavy atom. The second kappa shape index (κ2) is 10.1. The van der Waals surface area contributed by atoms with Crippen LogP contribution in [0, 0.1) is 0 Å². The number of carbonyl (C=O) groups excluding carboxylic acids is 2. The van der Waals surface area contributed by atoms with Gasteiger partial charge in [0.25, 0.3) is 0 Å². The quantitative estimate of drug-likeness (QED) is 0.672. The lowest BCUT2D eigenvalue weighted by atomic mass is 10.2. The van der Waals surface area contributed by atoms with Gasteiger partial charge in [0.05, 0.1) is 6.61 Å². The molecule has 0 radical (unpaired) electrons. The van der Waals surface area contributed by atoms with E-state index >= 15 is 0 Å². The molecular formula is C20H24N2O3. The fraction of sp³-hybridized carbons (Fsp3) is 0.300. The molecule has 0 fully saturated rings. The summed E-state index contributed by atoms with van der Waals surface area (Å²) < 4.78 is 5.56. The Bertz CT molecular complexity index is 686. The van der Waals surface area contributed by atoms with E-state index in [9.17, 15) is 9.59 Å². The van der Waals surface area contributed by atoms with E-state index in [1.807, 2.05) is 37.3 Å². The number of hydrogen-bond acceptors (Lipinski definition) is 3. The Morgan fingerprint density at radius 1 is 0.880 bits per heavy atom. The van der Waals surface area contributed by atoms with Gasteiger partial charge in [0.15, 0.2) is 0 Å². The second-order valence-electron chi connectivity index (χ2n) is 5.69. The van der Waals surface area contributed by atoms with Crippen molar-refractivity contribution >= 4 is 23.2 Å². The summed E-state index contributed by atoms with van der Waals surface area (Å²) in [5.74, 6) is 0.705. The molecule has 0 aliphatic carbocycles. The molecule has 2 aromatic rings. The molecule has 5 nitrogen and oxygen atoms in total. The van der Waals surface area contributed by atoms with Gasteiger partial charge in [-0.15, -0.1) is 0 Å². The third-order valence-corrected chi connectivity index (χ3v) is 3.47. The summed E-state index contributed by atoms with van der Waals surface area (Å²) in [7, 11) is 0. The zero-order valence-electron chi connectivity index (χ0n) is 14.5. The molecule has 0 aliphatic rings. The van der Waals surface area contributed by atoms with Crippen LogP contribution in [0.1, 0.15) is 32.6 Å². The van der Waals surface area contributed by atoms with Gasteiger partial charge >= 0.3 is 0 Å². The SMILES string of the molecule is CCCC(=O)Nc1cccc(NC(=O)CCCOc2ccccc2)c1. The van der Waals surface area contributed by atoms with Crippen molar-refractivity contribution in [3.63, 3.8) is 0 Å². The Hall–Kier alpha value is -2.82. The largest absolute Gasteiger partial charge is 0.494 e. The van der Waals surface area contributed by atoms with Crippen LogP contribution >= 0.6 is 0 Å². The third kappa shape index (κ3) is 7.08. The molecule has 2 aromatic carbocycles. The summed E-state index contributed by atoms with van der Waals surface area (Å²) in [5, 5.41) is 5.66. The molecule has 0 saturated carbocycles. The molecule has 2 amide bonds. The molecule has 132 valence electrons. The minimum Gasteiger partial charge on any atom is -0.494 e. The number of anilines is 2. The molecule has 0 aromatic heterocycles. The van der Waals surface area contributed by atoms with Gasteiger partial charge in [0.2, 0.25) is 11.8 Å². The predicted molar refractivity (Wildman–Crippen MR) is 99.8 cm³/mol. The van der Waals surface area contributed by atoms with Crippen LogP contribution in [-0.2, 0) is 9.59 Å². The fourth-order valence-electron chi connectivity index (χ4n) is 2.29. The van der Waals surface area contributed by atoms with Crippen LogP contribution in [0.15, 0.2) is 54.6 Å². The normalized spacial score (nSPS) is 10.1. The maximum atomic E-state index is 12.0. The second-order valence-corrected chi connectivity index (χ2v) is 5.69. The average molecular weight is 340 g/mol. The molecule has 0 spiro atoms. The van der Waals surface area contributed by atoms with Crippen LogP contribution in [0.3, 0.4) is 0 Å². The first-order valence-corrected chi connectivity index (χ1v) is 8.55. The average Bonchev–Trinajstić information content (AvgIpc) is 2.60. The first kappa shape index (κ1) is 18.5. The number of benzene rings is 2. The van der Waals surface area contributed by atoms with Gasteiger partial charge in [-0.25, -0.2) is 0 Å². The zero-order valence-corrected chi connectivity index (χ0v) is 14.5. The molecule has 0 atom stereocenters. The minimum absolute atomic E-state index is 0.0240. The highest BCUT2D eigenvalue weighted by molar-refractivity contribution is 5.94. The van der Waals surface area contributed by atoms with Crippen molar-refractivity contribution in [1.29, 1.82) is 0 Å². The Morgan fingerprint density at radius 3 is 2.16 bits per heavy atom. The molecule has 5 heteroatoms. The van der Waals surface area contributed by atoms with Crippen molar-refractivity contribution in [2.45, 2.75) is 32.6 Å². The maximum absolute atomic E-state index is 12.0. The lowest BCUT2D eigenvalue weighted by Gasteiger charge is -2.09. The van der Waals surface area contributed by atoms with Gasteiger partial charge in [-0.05, 0) is 43.2 Å². The van der Waals surface area contributed by atoms with Gasteiger partial charge < -0.3 is 15.4 Å². The van der Waals surface area contributed by atoms with E-state index in [1.54, 1.807) is 24.3 Å². The first-order valence-electron chi connectivity index (χ1n) is 8.55. The number of rotatable bonds is 9. The maximum Gasteiger partial charge on any atom is 0.224 e. The van der Waals surface area contributed by atoms with Crippen LogP contribution < -0.4 is 15.4 Å². The summed E-state index contributed by atoms with van der Waals surface area (Å²) >= 11 is 0. The third-order valence-electron chi connectivity index (χ3n) is 3.47. The van der Waals surface area contributed by atoms with E-state index in [1.165, 1.54) is 0 Å². The monoisotopic (exact) mass is 340 g/mol. The molecule has 2 rings (SSSR count). The Kier molecular flexibility index (Phi) is 7.50. The van der Waals surface area contributed by atoms with E-state index in [-0.39, 0.29) is 11.8 Å². The molecule has 0 heterocycles. The van der Waals surface area contributed by atoms with Gasteiger partial charge in [0.1, 0.15) is 5.75 Å². The van der Waals surface area contributed by atoms with Crippen LogP contribution in [0.4, 0.5) is 11.4 Å². The van der Waals surface area contributed by atoms with Crippen LogP contribution in [-0.4, -0.2) is 18.4 Å². The van der Waals surface area contributed by atoms with Crippen molar-refractivity contribution in [2.75, 3.05) is 17.2 Å². The number of amides is 2. The van der Waals surface area contributed by atoms with E-state index in [0.29, 0.717) is 37.2 Å². The zero-order chi connectivity index (χ0) is 17.9. The van der Waals surface area contributed by atoms with Crippen molar-refractivity contribution in [2.24, 2.45) is 0 Å². The molecule has 25 heavy (non-hydrogen) atoms. The van der Waals surface area contributed by atoms with E-state index in [2.05, 4.69) is 10.6 Å². The summed E-state index contributed by atoms with van der Waals surface area (Å²) in [5.41, 5.74) is 1.35. The number of para-hydroxylation sites is 1. The highest BCUT2D eigenvalue weighted by Gasteiger charge is 2.05. The standard InChI is InChI=1S/C20H24N2O3/c1-2-8-19(23)21-16-9-6-10-17(15-16)22-20(24)13-7-14-25-18-11-4-3-5-12-18/h3-6,9-12,15H,2,7-8,13-14H2,1H3,(H,21,23)(H,22,24). The Labute approximate surface area is 148 Å². The number of carbonyl (C=O) groups is 2. The minimum atomic E-state index is -0.0753. The van der Waals surface area contributed by atoms with Gasteiger partial charge in [-0.2, -0.15) is 0 Å². The summed E-state index contributed by atoms with van der Waals surface area (Å²) in [4.78, 5) is 23.6. The molecule has 0 unspecified atom stereocenters. The highest BCUT2D eigenvalue weighted by Crippen LogP contribution is 2.16. The molecule has 0 saturated heterocycles. The smallest absolute Gasteiger partial charge is 0.224 e. The summed E-state index contributed by atoms with van der Waals surface area (Å²) in [6.45, 7) is 2.45. The van der Waals surface area contributed by atoms with Crippen LogP contribution in [0.2, 0.25) is 0 Å². The van der Waals surface area contributed by atoms with E-state index < -0.39 is 0 Å². The molecular weight excluding hydrogens is 316 g/mol. The number of hydrogen-bond donors (Lipinski definition) is 2. The fourth-order valence-corrected chi connectivity index (χ4v) is 2.29. The number of ether oxygens (including phenoxy) is 1. The predicted octanol–water partition coefficient (Wildman–Crippen LogP) is 4.22. The molecule has 0 aliphatic heterocycles. The van der Waals surface area contributed by atoms with Crippen molar-refractivity contribution < 1.29 is 14.3 Å². The molecule has 2 N–H and O–H groups in total. The lowest BCUT2D eigenvalue weighted by molar-refractivity contribution is -0.117. The van der Waals surface area contributed by atoms with Crippen LogP contribution in [0.25, 0.3) is 0 Å². The highest BCUT2D eigenvalue weighted by atomic mass is 16.5. The van der Waals surface area contributed by atoms with Crippen molar-refractivity contribution in [3.05, 3.63) is 54.6 Å². The molecule has 0 bridgehead atoms.